The molecule has 106 valence electrons. The molecule has 0 spiro atoms. The molecule has 6 heteroatoms. The fourth-order valence-electron chi connectivity index (χ4n) is 2.20. The summed E-state index contributed by atoms with van der Waals surface area (Å²) in [5.41, 5.74) is 0. The first kappa shape index (κ1) is 13.1. The molecule has 1 aliphatic rings. The van der Waals surface area contributed by atoms with E-state index in [-0.39, 0.29) is 11.9 Å². The Bertz CT molecular complexity index is 550. The summed E-state index contributed by atoms with van der Waals surface area (Å²) in [5, 5.41) is 7.25. The maximum atomic E-state index is 12.7. The topological polar surface area (TPSA) is 60.2 Å². The predicted molar refractivity (Wildman–Crippen MR) is 69.9 cm³/mol. The Balaban J connectivity index is 1.49. The molecule has 1 saturated heterocycles. The van der Waals surface area contributed by atoms with Gasteiger partial charge in [0.05, 0.1) is 12.6 Å². The van der Waals surface area contributed by atoms with Crippen molar-refractivity contribution in [1.82, 2.24) is 15.5 Å². The summed E-state index contributed by atoms with van der Waals surface area (Å²) in [6, 6.07) is 6.12. The molecule has 0 bridgehead atoms. The van der Waals surface area contributed by atoms with E-state index < -0.39 is 0 Å². The van der Waals surface area contributed by atoms with Crippen molar-refractivity contribution in [1.29, 1.82) is 0 Å². The van der Waals surface area contributed by atoms with Gasteiger partial charge in [-0.15, -0.1) is 0 Å². The second-order valence-electron chi connectivity index (χ2n) is 4.75. The third kappa shape index (κ3) is 3.14. The van der Waals surface area contributed by atoms with E-state index in [0.29, 0.717) is 30.5 Å². The number of benzene rings is 1. The fraction of sp³-hybridized carbons (Fsp3) is 0.429. The van der Waals surface area contributed by atoms with Crippen LogP contribution in [0, 0.1) is 5.82 Å². The summed E-state index contributed by atoms with van der Waals surface area (Å²) < 4.78 is 23.5. The van der Waals surface area contributed by atoms with Gasteiger partial charge in [0, 0.05) is 6.42 Å². The minimum absolute atomic E-state index is 0.189. The maximum absolute atomic E-state index is 12.7. The Morgan fingerprint density at radius 1 is 1.35 bits per heavy atom. The van der Waals surface area contributed by atoms with Crippen LogP contribution in [-0.2, 0) is 6.42 Å². The zero-order chi connectivity index (χ0) is 13.8. The number of aromatic nitrogens is 2. The van der Waals surface area contributed by atoms with Gasteiger partial charge in [0.25, 0.3) is 0 Å². The highest BCUT2D eigenvalue weighted by molar-refractivity contribution is 5.22. The Hall–Kier alpha value is -1.95. The lowest BCUT2D eigenvalue weighted by Gasteiger charge is -2.03. The summed E-state index contributed by atoms with van der Waals surface area (Å²) in [6.45, 7) is 1.43. The normalized spacial score (nSPS) is 18.4. The number of hydrogen-bond acceptors (Lipinski definition) is 5. The Morgan fingerprint density at radius 3 is 2.95 bits per heavy atom. The maximum Gasteiger partial charge on any atom is 0.243 e. The first-order valence-corrected chi connectivity index (χ1v) is 6.75. The van der Waals surface area contributed by atoms with Crippen molar-refractivity contribution in [2.75, 3.05) is 13.2 Å². The van der Waals surface area contributed by atoms with Gasteiger partial charge in [-0.1, -0.05) is 5.16 Å². The van der Waals surface area contributed by atoms with Crippen LogP contribution in [0.1, 0.15) is 30.6 Å². The summed E-state index contributed by atoms with van der Waals surface area (Å²) in [4.78, 5) is 4.36. The Morgan fingerprint density at radius 2 is 2.20 bits per heavy atom. The second kappa shape index (κ2) is 6.00. The average molecular weight is 277 g/mol. The van der Waals surface area contributed by atoms with Crippen molar-refractivity contribution in [2.24, 2.45) is 0 Å². The average Bonchev–Trinajstić information content (AvgIpc) is 3.11. The molecular weight excluding hydrogens is 261 g/mol. The van der Waals surface area contributed by atoms with Gasteiger partial charge >= 0.3 is 0 Å². The molecule has 1 fully saturated rings. The molecule has 1 unspecified atom stereocenters. The van der Waals surface area contributed by atoms with Gasteiger partial charge in [0.15, 0.2) is 5.82 Å². The van der Waals surface area contributed by atoms with Crippen LogP contribution >= 0.6 is 0 Å². The smallest absolute Gasteiger partial charge is 0.243 e. The van der Waals surface area contributed by atoms with Crippen molar-refractivity contribution in [3.05, 3.63) is 41.8 Å². The lowest BCUT2D eigenvalue weighted by Crippen LogP contribution is -2.13. The second-order valence-corrected chi connectivity index (χ2v) is 4.75. The summed E-state index contributed by atoms with van der Waals surface area (Å²) in [5.74, 6) is 1.65. The summed E-state index contributed by atoms with van der Waals surface area (Å²) >= 11 is 0. The summed E-state index contributed by atoms with van der Waals surface area (Å²) in [7, 11) is 0. The lowest BCUT2D eigenvalue weighted by atomic mass is 10.2. The lowest BCUT2D eigenvalue weighted by molar-refractivity contribution is 0.310. The van der Waals surface area contributed by atoms with Crippen molar-refractivity contribution in [2.45, 2.75) is 25.3 Å². The largest absolute Gasteiger partial charge is 0.493 e. The van der Waals surface area contributed by atoms with Gasteiger partial charge in [-0.25, -0.2) is 4.39 Å². The highest BCUT2D eigenvalue weighted by atomic mass is 19.1. The van der Waals surface area contributed by atoms with E-state index in [9.17, 15) is 4.39 Å². The van der Waals surface area contributed by atoms with Crippen molar-refractivity contribution in [3.63, 3.8) is 0 Å². The standard InChI is InChI=1S/C14H16FN3O2/c15-10-3-5-11(6-4-10)19-9-7-13-17-14(20-18-13)12-2-1-8-16-12/h3-6,12,16H,1-2,7-9H2. The molecule has 1 aromatic carbocycles. The molecule has 20 heavy (non-hydrogen) atoms. The van der Waals surface area contributed by atoms with E-state index in [1.807, 2.05) is 0 Å². The molecule has 0 radical (unpaired) electrons. The molecule has 1 aromatic heterocycles. The van der Waals surface area contributed by atoms with E-state index in [1.54, 1.807) is 12.1 Å². The Kier molecular flexibility index (Phi) is 3.92. The van der Waals surface area contributed by atoms with Crippen molar-refractivity contribution < 1.29 is 13.7 Å². The van der Waals surface area contributed by atoms with Crippen LogP contribution in [0.4, 0.5) is 4.39 Å². The molecule has 2 heterocycles. The number of nitrogens with one attached hydrogen (secondary N) is 1. The van der Waals surface area contributed by atoms with E-state index in [1.165, 1.54) is 12.1 Å². The van der Waals surface area contributed by atoms with Crippen LogP contribution in [0.15, 0.2) is 28.8 Å². The molecular formula is C14H16FN3O2. The molecule has 1 atom stereocenters. The van der Waals surface area contributed by atoms with Gasteiger partial charge in [-0.2, -0.15) is 4.98 Å². The van der Waals surface area contributed by atoms with Gasteiger partial charge in [-0.3, -0.25) is 0 Å². The highest BCUT2D eigenvalue weighted by Gasteiger charge is 2.22. The van der Waals surface area contributed by atoms with Crippen LogP contribution in [0.2, 0.25) is 0 Å². The zero-order valence-corrected chi connectivity index (χ0v) is 11.0. The third-order valence-corrected chi connectivity index (χ3v) is 3.25. The number of hydrogen-bond donors (Lipinski definition) is 1. The molecule has 1 aliphatic heterocycles. The Labute approximate surface area is 116 Å². The van der Waals surface area contributed by atoms with Gasteiger partial charge < -0.3 is 14.6 Å². The summed E-state index contributed by atoms with van der Waals surface area (Å²) in [6.07, 6.45) is 2.73. The minimum atomic E-state index is -0.274. The molecule has 0 aliphatic carbocycles. The number of halogens is 1. The van der Waals surface area contributed by atoms with E-state index in [2.05, 4.69) is 15.5 Å². The molecule has 0 saturated carbocycles. The fourth-order valence-corrected chi connectivity index (χ4v) is 2.20. The molecule has 0 amide bonds. The van der Waals surface area contributed by atoms with Crippen LogP contribution in [0.25, 0.3) is 0 Å². The SMILES string of the molecule is Fc1ccc(OCCc2noc(C3CCCN3)n2)cc1. The quantitative estimate of drug-likeness (QED) is 0.908. The minimum Gasteiger partial charge on any atom is -0.493 e. The van der Waals surface area contributed by atoms with E-state index in [0.717, 1.165) is 19.4 Å². The highest BCUT2D eigenvalue weighted by Crippen LogP contribution is 2.21. The van der Waals surface area contributed by atoms with Crippen LogP contribution < -0.4 is 10.1 Å². The van der Waals surface area contributed by atoms with E-state index in [4.69, 9.17) is 9.26 Å². The third-order valence-electron chi connectivity index (χ3n) is 3.25. The van der Waals surface area contributed by atoms with Crippen LogP contribution in [0.5, 0.6) is 5.75 Å². The molecule has 5 nitrogen and oxygen atoms in total. The van der Waals surface area contributed by atoms with Crippen molar-refractivity contribution in [3.8, 4) is 5.75 Å². The number of nitrogens with zero attached hydrogens (tertiary/aromatic N) is 2. The number of rotatable bonds is 5. The zero-order valence-electron chi connectivity index (χ0n) is 11.0. The first-order chi connectivity index (χ1) is 9.81. The van der Waals surface area contributed by atoms with Gasteiger partial charge in [-0.05, 0) is 43.7 Å². The van der Waals surface area contributed by atoms with Crippen LogP contribution in [-0.4, -0.2) is 23.3 Å². The molecule has 3 rings (SSSR count). The van der Waals surface area contributed by atoms with Crippen LogP contribution in [0.3, 0.4) is 0 Å². The molecule has 1 N–H and O–H groups in total. The molecule has 2 aromatic rings. The van der Waals surface area contributed by atoms with E-state index >= 15 is 0 Å². The first-order valence-electron chi connectivity index (χ1n) is 6.75. The predicted octanol–water partition coefficient (Wildman–Crippen LogP) is 2.25. The van der Waals surface area contributed by atoms with Gasteiger partial charge in [0.2, 0.25) is 5.89 Å². The number of ether oxygens (including phenoxy) is 1. The monoisotopic (exact) mass is 277 g/mol. The van der Waals surface area contributed by atoms with Gasteiger partial charge in [0.1, 0.15) is 11.6 Å². The van der Waals surface area contributed by atoms with Crippen molar-refractivity contribution >= 4 is 0 Å².